The van der Waals surface area contributed by atoms with Crippen molar-refractivity contribution in [3.8, 4) is 0 Å². The summed E-state index contributed by atoms with van der Waals surface area (Å²) in [5.41, 5.74) is -0.542. The van der Waals surface area contributed by atoms with Crippen molar-refractivity contribution in [2.24, 2.45) is 5.92 Å². The van der Waals surface area contributed by atoms with Crippen molar-refractivity contribution < 1.29 is 42.9 Å². The number of amides is 3. The molecule has 0 aromatic carbocycles. The number of carbonyl (C=O) groups excluding carboxylic acids is 4. The predicted molar refractivity (Wildman–Crippen MR) is 145 cm³/mol. The molecule has 0 spiro atoms. The molecule has 0 saturated carbocycles. The quantitative estimate of drug-likeness (QED) is 0.0666. The summed E-state index contributed by atoms with van der Waals surface area (Å²) < 4.78 is 27.2. The maximum Gasteiger partial charge on any atom is 0.309 e. The van der Waals surface area contributed by atoms with E-state index in [4.69, 9.17) is 23.7 Å². The van der Waals surface area contributed by atoms with Crippen LogP contribution in [0.3, 0.4) is 0 Å². The average Bonchev–Trinajstić information content (AvgIpc) is 2.83. The van der Waals surface area contributed by atoms with Crippen molar-refractivity contribution in [1.29, 1.82) is 0 Å². The van der Waals surface area contributed by atoms with Crippen LogP contribution >= 0.6 is 22.6 Å². The molecule has 37 heavy (non-hydrogen) atoms. The lowest BCUT2D eigenvalue weighted by Gasteiger charge is -2.22. The van der Waals surface area contributed by atoms with E-state index in [1.807, 2.05) is 0 Å². The number of esters is 1. The molecule has 216 valence electrons. The molecule has 1 atom stereocenters. The summed E-state index contributed by atoms with van der Waals surface area (Å²) >= 11 is 2.17. The van der Waals surface area contributed by atoms with Crippen molar-refractivity contribution in [2.75, 3.05) is 76.9 Å². The van der Waals surface area contributed by atoms with Gasteiger partial charge < -0.3 is 39.6 Å². The third-order valence-corrected chi connectivity index (χ3v) is 4.92. The molecule has 0 bridgehead atoms. The molecule has 0 saturated heterocycles. The Balaban J connectivity index is 3.50. The third kappa shape index (κ3) is 24.5. The summed E-state index contributed by atoms with van der Waals surface area (Å²) in [4.78, 5) is 46.8. The zero-order valence-corrected chi connectivity index (χ0v) is 24.7. The normalized spacial score (nSPS) is 12.0. The van der Waals surface area contributed by atoms with Gasteiger partial charge in [0.2, 0.25) is 17.7 Å². The molecule has 3 N–H and O–H groups in total. The number of alkyl halides is 1. The lowest BCUT2D eigenvalue weighted by molar-refractivity contribution is -0.159. The van der Waals surface area contributed by atoms with Crippen LogP contribution in [0.1, 0.15) is 40.5 Å². The van der Waals surface area contributed by atoms with Gasteiger partial charge in [0.1, 0.15) is 18.8 Å². The standard InChI is InChI=1S/C24H44IN3O9/c1-19(23(32)37-24(2,3)4)5-6-20(29)27-9-11-33-13-16-36-18-22(31)28-10-12-34-14-15-35-17-21(30)26-8-7-25/h19H,5-18H2,1-4H3,(H,26,30)(H,27,29)(H,28,31)/t19-/m0/s1. The maximum absolute atomic E-state index is 11.9. The van der Waals surface area contributed by atoms with Crippen molar-refractivity contribution in [3.63, 3.8) is 0 Å². The molecule has 0 rings (SSSR count). The average molecular weight is 646 g/mol. The largest absolute Gasteiger partial charge is 0.460 e. The SMILES string of the molecule is C[C@@H](CCC(=O)NCCOCCOCC(=O)NCCOCCOCC(=O)NCCI)C(=O)OC(C)(C)C. The van der Waals surface area contributed by atoms with Gasteiger partial charge in [-0.15, -0.1) is 0 Å². The van der Waals surface area contributed by atoms with Gasteiger partial charge in [0.05, 0.1) is 45.6 Å². The highest BCUT2D eigenvalue weighted by molar-refractivity contribution is 14.1. The van der Waals surface area contributed by atoms with Crippen LogP contribution in [-0.2, 0) is 42.9 Å². The Labute approximate surface area is 233 Å². The van der Waals surface area contributed by atoms with Gasteiger partial charge in [-0.3, -0.25) is 19.2 Å². The Morgan fingerprint density at radius 1 is 0.703 bits per heavy atom. The first kappa shape index (κ1) is 35.5. The number of rotatable bonds is 22. The highest BCUT2D eigenvalue weighted by atomic mass is 127. The molecule has 0 fully saturated rings. The minimum atomic E-state index is -0.542. The lowest BCUT2D eigenvalue weighted by Crippen LogP contribution is -2.32. The van der Waals surface area contributed by atoms with Crippen molar-refractivity contribution in [3.05, 3.63) is 0 Å². The van der Waals surface area contributed by atoms with Gasteiger partial charge in [-0.05, 0) is 27.2 Å². The molecule has 0 aliphatic heterocycles. The minimum absolute atomic E-state index is 0.00312. The van der Waals surface area contributed by atoms with Crippen molar-refractivity contribution >= 4 is 46.3 Å². The fraction of sp³-hybridized carbons (Fsp3) is 0.833. The van der Waals surface area contributed by atoms with Gasteiger partial charge in [0.15, 0.2) is 0 Å². The Morgan fingerprint density at radius 3 is 1.65 bits per heavy atom. The maximum atomic E-state index is 11.9. The lowest BCUT2D eigenvalue weighted by atomic mass is 10.1. The predicted octanol–water partition coefficient (Wildman–Crippen LogP) is 0.594. The summed E-state index contributed by atoms with van der Waals surface area (Å²) in [7, 11) is 0. The third-order valence-electron chi connectivity index (χ3n) is 4.38. The first-order chi connectivity index (χ1) is 17.5. The van der Waals surface area contributed by atoms with E-state index in [1.54, 1.807) is 27.7 Å². The molecule has 13 heteroatoms. The number of nitrogens with one attached hydrogen (secondary N) is 3. The second kappa shape index (κ2) is 22.4. The summed E-state index contributed by atoms with van der Waals surface area (Å²) in [5.74, 6) is -1.23. The molecule has 0 aromatic rings. The highest BCUT2D eigenvalue weighted by Crippen LogP contribution is 2.14. The smallest absolute Gasteiger partial charge is 0.309 e. The number of ether oxygens (including phenoxy) is 5. The van der Waals surface area contributed by atoms with Gasteiger partial charge in [-0.25, -0.2) is 0 Å². The first-order valence-electron chi connectivity index (χ1n) is 12.4. The van der Waals surface area contributed by atoms with Crippen LogP contribution < -0.4 is 16.0 Å². The number of halogens is 1. The van der Waals surface area contributed by atoms with E-state index in [-0.39, 0.29) is 62.5 Å². The molecule has 0 aliphatic carbocycles. The van der Waals surface area contributed by atoms with Gasteiger partial charge >= 0.3 is 5.97 Å². The first-order valence-corrected chi connectivity index (χ1v) is 14.0. The number of carbonyl (C=O) groups is 4. The van der Waals surface area contributed by atoms with E-state index in [9.17, 15) is 19.2 Å². The van der Waals surface area contributed by atoms with E-state index >= 15 is 0 Å². The molecule has 3 amide bonds. The highest BCUT2D eigenvalue weighted by Gasteiger charge is 2.22. The minimum Gasteiger partial charge on any atom is -0.460 e. The van der Waals surface area contributed by atoms with Crippen LogP contribution in [0, 0.1) is 5.92 Å². The van der Waals surface area contributed by atoms with Crippen LogP contribution in [0.5, 0.6) is 0 Å². The topological polar surface area (TPSA) is 151 Å². The molecular formula is C24H44IN3O9. The Morgan fingerprint density at radius 2 is 1.16 bits per heavy atom. The summed E-state index contributed by atoms with van der Waals surface area (Å²) in [6.07, 6.45) is 0.645. The van der Waals surface area contributed by atoms with Gasteiger partial charge in [-0.2, -0.15) is 0 Å². The van der Waals surface area contributed by atoms with E-state index in [1.165, 1.54) is 0 Å². The monoisotopic (exact) mass is 645 g/mol. The molecule has 12 nitrogen and oxygen atoms in total. The molecule has 0 aromatic heterocycles. The fourth-order valence-electron chi connectivity index (χ4n) is 2.54. The van der Waals surface area contributed by atoms with Crippen LogP contribution in [0.4, 0.5) is 0 Å². The van der Waals surface area contributed by atoms with E-state index in [0.717, 1.165) is 4.43 Å². The fourth-order valence-corrected chi connectivity index (χ4v) is 2.81. The Hall–Kier alpha value is -1.55. The van der Waals surface area contributed by atoms with Crippen LogP contribution in [0.2, 0.25) is 0 Å². The van der Waals surface area contributed by atoms with Crippen molar-refractivity contribution in [1.82, 2.24) is 16.0 Å². The Bertz CT molecular complexity index is 660. The zero-order valence-electron chi connectivity index (χ0n) is 22.5. The van der Waals surface area contributed by atoms with Crippen LogP contribution in [0.15, 0.2) is 0 Å². The number of hydrogen-bond donors (Lipinski definition) is 3. The molecule has 0 unspecified atom stereocenters. The van der Waals surface area contributed by atoms with E-state index in [2.05, 4.69) is 38.5 Å². The zero-order chi connectivity index (χ0) is 27.9. The van der Waals surface area contributed by atoms with E-state index in [0.29, 0.717) is 52.5 Å². The van der Waals surface area contributed by atoms with Crippen LogP contribution in [0.25, 0.3) is 0 Å². The summed E-state index contributed by atoms with van der Waals surface area (Å²) in [6.45, 7) is 10.2. The number of hydrogen-bond acceptors (Lipinski definition) is 9. The summed E-state index contributed by atoms with van der Waals surface area (Å²) in [5, 5.41) is 8.10. The molecule has 0 aliphatic rings. The molecular weight excluding hydrogens is 601 g/mol. The van der Waals surface area contributed by atoms with Gasteiger partial charge in [-0.1, -0.05) is 29.5 Å². The molecule has 0 radical (unpaired) electrons. The second-order valence-electron chi connectivity index (χ2n) is 9.04. The van der Waals surface area contributed by atoms with Gasteiger partial charge in [0, 0.05) is 30.5 Å². The summed E-state index contributed by atoms with van der Waals surface area (Å²) in [6, 6.07) is 0. The molecule has 0 heterocycles. The Kier molecular flexibility index (Phi) is 21.5. The van der Waals surface area contributed by atoms with Crippen molar-refractivity contribution in [2.45, 2.75) is 46.1 Å². The van der Waals surface area contributed by atoms with Crippen LogP contribution in [-0.4, -0.2) is 106 Å². The second-order valence-corrected chi connectivity index (χ2v) is 10.1. The van der Waals surface area contributed by atoms with E-state index < -0.39 is 5.60 Å². The van der Waals surface area contributed by atoms with Gasteiger partial charge in [0.25, 0.3) is 0 Å².